The lowest BCUT2D eigenvalue weighted by molar-refractivity contribution is -0.681. The van der Waals surface area contributed by atoms with Crippen LogP contribution in [-0.4, -0.2) is 15.3 Å². The van der Waals surface area contributed by atoms with E-state index in [0.29, 0.717) is 5.56 Å². The molecule has 0 amide bonds. The van der Waals surface area contributed by atoms with Gasteiger partial charge in [-0.1, -0.05) is 42.5 Å². The van der Waals surface area contributed by atoms with Crippen LogP contribution in [0.25, 0.3) is 10.9 Å². The average molecular weight is 372 g/mol. The van der Waals surface area contributed by atoms with Crippen molar-refractivity contribution >= 4 is 22.4 Å². The Labute approximate surface area is 161 Å². The van der Waals surface area contributed by atoms with E-state index in [1.165, 1.54) is 23.8 Å². The maximum absolute atomic E-state index is 12.5. The first-order chi connectivity index (χ1) is 13.6. The van der Waals surface area contributed by atoms with E-state index in [4.69, 9.17) is 0 Å². The van der Waals surface area contributed by atoms with Crippen molar-refractivity contribution in [2.24, 2.45) is 0 Å². The lowest BCUT2D eigenvalue weighted by atomic mass is 10.1. The zero-order valence-corrected chi connectivity index (χ0v) is 15.1. The van der Waals surface area contributed by atoms with Crippen LogP contribution in [0.15, 0.2) is 85.3 Å². The highest BCUT2D eigenvalue weighted by Crippen LogP contribution is 2.16. The van der Waals surface area contributed by atoms with Crippen LogP contribution >= 0.6 is 0 Å². The Kier molecular flexibility index (Phi) is 4.68. The Morgan fingerprint density at radius 1 is 1.04 bits per heavy atom. The number of non-ortho nitro benzene ring substituents is 1. The highest BCUT2D eigenvalue weighted by Gasteiger charge is 2.16. The van der Waals surface area contributed by atoms with Gasteiger partial charge in [0.05, 0.1) is 15.8 Å². The van der Waals surface area contributed by atoms with Crippen LogP contribution in [0.4, 0.5) is 5.69 Å². The molecule has 6 heteroatoms. The second-order valence-corrected chi connectivity index (χ2v) is 6.62. The number of hydrogen-bond acceptors (Lipinski definition) is 3. The Bertz CT molecular complexity index is 1170. The van der Waals surface area contributed by atoms with Gasteiger partial charge < -0.3 is 4.57 Å². The molecule has 0 saturated carbocycles. The lowest BCUT2D eigenvalue weighted by Gasteiger charge is -2.05. The molecular formula is C22H18N3O3+. The van der Waals surface area contributed by atoms with Crippen LogP contribution in [0.1, 0.15) is 15.9 Å². The molecule has 138 valence electrons. The summed E-state index contributed by atoms with van der Waals surface area (Å²) in [6.07, 6.45) is 5.82. The normalized spacial score (nSPS) is 10.9. The summed E-state index contributed by atoms with van der Waals surface area (Å²) in [5.74, 6) is -0.170. The highest BCUT2D eigenvalue weighted by molar-refractivity contribution is 5.95. The maximum atomic E-state index is 12.5. The number of ketones is 1. The van der Waals surface area contributed by atoms with Crippen molar-refractivity contribution in [3.63, 3.8) is 0 Å². The van der Waals surface area contributed by atoms with Crippen LogP contribution in [0, 0.1) is 10.1 Å². The van der Waals surface area contributed by atoms with Gasteiger partial charge in [-0.05, 0) is 11.6 Å². The minimum absolute atomic E-state index is 0.0794. The molecule has 0 saturated heterocycles. The molecule has 0 fully saturated rings. The summed E-state index contributed by atoms with van der Waals surface area (Å²) in [5.41, 5.74) is 2.56. The molecule has 0 unspecified atom stereocenters. The maximum Gasteiger partial charge on any atom is 0.270 e. The van der Waals surface area contributed by atoms with Crippen LogP contribution in [0.2, 0.25) is 0 Å². The first-order valence-corrected chi connectivity index (χ1v) is 8.90. The number of hydrogen-bond donors (Lipinski definition) is 0. The Morgan fingerprint density at radius 2 is 1.86 bits per heavy atom. The van der Waals surface area contributed by atoms with Crippen molar-refractivity contribution < 1.29 is 14.3 Å². The summed E-state index contributed by atoms with van der Waals surface area (Å²) in [5, 5.41) is 11.9. The van der Waals surface area contributed by atoms with Gasteiger partial charge in [-0.15, -0.1) is 0 Å². The monoisotopic (exact) mass is 372 g/mol. The third-order valence-corrected chi connectivity index (χ3v) is 4.67. The van der Waals surface area contributed by atoms with Gasteiger partial charge in [0.2, 0.25) is 12.3 Å². The van der Waals surface area contributed by atoms with Crippen molar-refractivity contribution in [3.05, 3.63) is 107 Å². The summed E-state index contributed by atoms with van der Waals surface area (Å²) in [6.45, 7) is 0.905. The van der Waals surface area contributed by atoms with Crippen molar-refractivity contribution in [3.8, 4) is 0 Å². The first kappa shape index (κ1) is 17.6. The standard InChI is InChI=1S/C22H18N3O3/c26-22(18-7-4-8-20(13-18)25(27)28)16-23-11-10-21-19(15-23)9-12-24(21)14-17-5-2-1-3-6-17/h1-13,15H,14,16H2/q+1. The van der Waals surface area contributed by atoms with Crippen molar-refractivity contribution in [2.75, 3.05) is 0 Å². The van der Waals surface area contributed by atoms with Crippen LogP contribution in [0.5, 0.6) is 0 Å². The molecule has 0 bridgehead atoms. The molecular weight excluding hydrogens is 354 g/mol. The van der Waals surface area contributed by atoms with Gasteiger partial charge in [0.1, 0.15) is 0 Å². The molecule has 4 aromatic rings. The molecule has 0 aliphatic carbocycles. The van der Waals surface area contributed by atoms with E-state index >= 15 is 0 Å². The fourth-order valence-corrected chi connectivity index (χ4v) is 3.26. The third kappa shape index (κ3) is 3.66. The molecule has 0 radical (unpaired) electrons. The molecule has 0 aliphatic heterocycles. The van der Waals surface area contributed by atoms with E-state index in [1.807, 2.05) is 48.9 Å². The van der Waals surface area contributed by atoms with E-state index in [1.54, 1.807) is 10.6 Å². The molecule has 2 aromatic heterocycles. The fourth-order valence-electron chi connectivity index (χ4n) is 3.26. The summed E-state index contributed by atoms with van der Waals surface area (Å²) >= 11 is 0. The highest BCUT2D eigenvalue weighted by atomic mass is 16.6. The Hall–Kier alpha value is -3.80. The zero-order valence-electron chi connectivity index (χ0n) is 15.1. The number of aromatic nitrogens is 2. The third-order valence-electron chi connectivity index (χ3n) is 4.67. The van der Waals surface area contributed by atoms with Crippen molar-refractivity contribution in [2.45, 2.75) is 13.1 Å². The molecule has 6 nitrogen and oxygen atoms in total. The van der Waals surface area contributed by atoms with Gasteiger partial charge in [0, 0.05) is 36.5 Å². The van der Waals surface area contributed by atoms with Crippen LogP contribution < -0.4 is 4.57 Å². The molecule has 4 rings (SSSR count). The number of benzene rings is 2. The van der Waals surface area contributed by atoms with Gasteiger partial charge in [-0.2, -0.15) is 4.57 Å². The van der Waals surface area contributed by atoms with E-state index in [2.05, 4.69) is 16.7 Å². The molecule has 0 aliphatic rings. The van der Waals surface area contributed by atoms with E-state index in [0.717, 1.165) is 17.4 Å². The van der Waals surface area contributed by atoms with Gasteiger partial charge >= 0.3 is 0 Å². The summed E-state index contributed by atoms with van der Waals surface area (Å²) in [7, 11) is 0. The summed E-state index contributed by atoms with van der Waals surface area (Å²) < 4.78 is 3.97. The number of carbonyl (C=O) groups is 1. The van der Waals surface area contributed by atoms with Gasteiger partial charge in [0.25, 0.3) is 5.69 Å². The first-order valence-electron chi connectivity index (χ1n) is 8.90. The van der Waals surface area contributed by atoms with Crippen molar-refractivity contribution in [1.82, 2.24) is 4.57 Å². The number of fused-ring (bicyclic) bond motifs is 1. The number of rotatable bonds is 6. The Morgan fingerprint density at radius 3 is 2.64 bits per heavy atom. The molecule has 2 aromatic carbocycles. The number of nitrogens with zero attached hydrogens (tertiary/aromatic N) is 3. The minimum atomic E-state index is -0.495. The number of nitro groups is 1. The number of carbonyl (C=O) groups excluding carboxylic acids is 1. The molecule has 0 atom stereocenters. The fraction of sp³-hybridized carbons (Fsp3) is 0.0909. The van der Waals surface area contributed by atoms with Gasteiger partial charge in [-0.3, -0.25) is 14.9 Å². The number of Topliss-reactive ketones (excluding diaryl/α,β-unsaturated/α-hetero) is 1. The molecule has 0 spiro atoms. The summed E-state index contributed by atoms with van der Waals surface area (Å²) in [4.78, 5) is 22.9. The van der Waals surface area contributed by atoms with Crippen LogP contribution in [0.3, 0.4) is 0 Å². The lowest BCUT2D eigenvalue weighted by Crippen LogP contribution is -2.37. The zero-order chi connectivity index (χ0) is 19.5. The predicted octanol–water partition coefficient (Wildman–Crippen LogP) is 3.77. The van der Waals surface area contributed by atoms with E-state index in [-0.39, 0.29) is 18.0 Å². The average Bonchev–Trinajstić information content (AvgIpc) is 3.11. The molecule has 2 heterocycles. The number of pyridine rings is 1. The SMILES string of the molecule is O=C(C[n+]1ccc2c(ccn2Cc2ccccc2)c1)c1cccc([N+](=O)[O-])c1. The van der Waals surface area contributed by atoms with Gasteiger partial charge in [-0.25, -0.2) is 0 Å². The second kappa shape index (κ2) is 7.44. The van der Waals surface area contributed by atoms with Crippen molar-refractivity contribution in [1.29, 1.82) is 0 Å². The Balaban J connectivity index is 1.55. The van der Waals surface area contributed by atoms with E-state index < -0.39 is 4.92 Å². The molecule has 28 heavy (non-hydrogen) atoms. The largest absolute Gasteiger partial charge is 0.343 e. The summed E-state index contributed by atoms with van der Waals surface area (Å²) in [6, 6.07) is 20.1. The second-order valence-electron chi connectivity index (χ2n) is 6.62. The van der Waals surface area contributed by atoms with Crippen LogP contribution in [-0.2, 0) is 13.1 Å². The number of nitro benzene ring substituents is 1. The quantitative estimate of drug-likeness (QED) is 0.224. The minimum Gasteiger partial charge on any atom is -0.343 e. The predicted molar refractivity (Wildman–Crippen MR) is 105 cm³/mol. The van der Waals surface area contributed by atoms with E-state index in [9.17, 15) is 14.9 Å². The van der Waals surface area contributed by atoms with Gasteiger partial charge in [0.15, 0.2) is 12.4 Å². The molecule has 0 N–H and O–H groups in total. The topological polar surface area (TPSA) is 69.0 Å². The smallest absolute Gasteiger partial charge is 0.270 e.